The summed E-state index contributed by atoms with van der Waals surface area (Å²) in [7, 11) is 0. The highest BCUT2D eigenvalue weighted by Gasteiger charge is 2.37. The quantitative estimate of drug-likeness (QED) is 0.0396. The van der Waals surface area contributed by atoms with Crippen molar-refractivity contribution in [2.75, 3.05) is 26.2 Å². The highest BCUT2D eigenvalue weighted by atomic mass is 79.9. The van der Waals surface area contributed by atoms with Gasteiger partial charge in [-0.15, -0.1) is 6.58 Å². The van der Waals surface area contributed by atoms with Crippen LogP contribution >= 0.6 is 66.7 Å². The zero-order valence-electron chi connectivity index (χ0n) is 55.8. The maximum absolute atomic E-state index is 13.8. The van der Waals surface area contributed by atoms with Gasteiger partial charge < -0.3 is 53.0 Å². The normalized spacial score (nSPS) is 13.9. The summed E-state index contributed by atoms with van der Waals surface area (Å²) in [5.74, 6) is -2.59. The summed E-state index contributed by atoms with van der Waals surface area (Å²) in [6, 6.07) is 41.4. The van der Waals surface area contributed by atoms with Crippen molar-refractivity contribution in [3.8, 4) is 17.2 Å². The van der Waals surface area contributed by atoms with Crippen molar-refractivity contribution in [2.24, 2.45) is 0 Å². The Labute approximate surface area is 624 Å². The Morgan fingerprint density at radius 2 is 0.854 bits per heavy atom. The molecule has 0 saturated heterocycles. The lowest BCUT2D eigenvalue weighted by atomic mass is 10.00. The van der Waals surface area contributed by atoms with Gasteiger partial charge in [-0.2, -0.15) is 0 Å². The van der Waals surface area contributed by atoms with E-state index >= 15 is 0 Å². The van der Waals surface area contributed by atoms with E-state index in [1.54, 1.807) is 37.5 Å². The lowest BCUT2D eigenvalue weighted by Gasteiger charge is -2.33. The Balaban J connectivity index is 0.000000155. The van der Waals surface area contributed by atoms with E-state index in [1.165, 1.54) is 36.4 Å². The lowest BCUT2D eigenvalue weighted by Crippen LogP contribution is -2.43. The Kier molecular flexibility index (Phi) is 25.2. The van der Waals surface area contributed by atoms with E-state index in [2.05, 4.69) is 50.3 Å². The fourth-order valence-electron chi connectivity index (χ4n) is 12.7. The number of fused-ring (bicyclic) bond motifs is 5. The first-order chi connectivity index (χ1) is 49.7. The molecule has 13 rings (SSSR count). The second-order valence-electron chi connectivity index (χ2n) is 24.8. The van der Waals surface area contributed by atoms with E-state index < -0.39 is 35.4 Å². The molecule has 3 aliphatic heterocycles. The summed E-state index contributed by atoms with van der Waals surface area (Å²) in [5.41, 5.74) is 7.38. The standard InChI is InChI=1S/C28H26ClFN2O3.C27H26BrClFN3O3.C23H19BrClFN2O4/c1-18-7-5-6-10-23-24(18)26(33)27(35-17-19-8-3-2-4-9-19)25-28(34)31(13-14-32(23)25)16-20-11-12-22(30)21(29)15-20;1-2-3-11-31-15-22-23(28)25(34)26(36-17-18-7-5-4-6-8-18)24-27(35)32(12-13-33(22)24)16-19-9-10-21(30)20(29)14-19;24-19-18(12-29)28-9-8-27(11-15-6-7-17(26)16(25)10-15)23(31)20(28)22(21(19)30)32-13-14-4-2-1-3-5-14/h2-4,8-9,11-12,15H,1,5-7,10,13-14,16-17H2;2,4-10,14,31H,1,3,11-13,15-17H2;1-7,10,29H,8-9,11-13H2. The predicted molar refractivity (Wildman–Crippen MR) is 397 cm³/mol. The minimum Gasteiger partial charge on any atom is -0.483 e. The molecule has 6 heterocycles. The van der Waals surface area contributed by atoms with Crippen LogP contribution in [0, 0.1) is 17.5 Å². The van der Waals surface area contributed by atoms with Gasteiger partial charge in [0.1, 0.15) is 37.3 Å². The van der Waals surface area contributed by atoms with Crippen molar-refractivity contribution in [1.82, 2.24) is 33.7 Å². The highest BCUT2D eigenvalue weighted by molar-refractivity contribution is 9.10. The average Bonchev–Trinajstić information content (AvgIpc) is 1.38. The molecular formula is C78H71Br2Cl3F3N7O10. The number of allylic oxidation sites excluding steroid dienone is 1. The van der Waals surface area contributed by atoms with E-state index in [4.69, 9.17) is 49.0 Å². The van der Waals surface area contributed by atoms with Crippen molar-refractivity contribution in [1.29, 1.82) is 0 Å². The van der Waals surface area contributed by atoms with Crippen molar-refractivity contribution in [3.05, 3.63) is 310 Å². The third-order valence-corrected chi connectivity index (χ3v) is 20.4. The van der Waals surface area contributed by atoms with E-state index in [-0.39, 0.29) is 116 Å². The van der Waals surface area contributed by atoms with Crippen LogP contribution in [0.2, 0.25) is 15.1 Å². The van der Waals surface area contributed by atoms with Gasteiger partial charge in [-0.3, -0.25) is 28.8 Å². The molecule has 0 radical (unpaired) electrons. The molecular weight excluding hydrogens is 1520 g/mol. The number of hydrogen-bond acceptors (Lipinski definition) is 11. The van der Waals surface area contributed by atoms with Crippen LogP contribution in [0.3, 0.4) is 0 Å². The van der Waals surface area contributed by atoms with Crippen molar-refractivity contribution >= 4 is 90.0 Å². The summed E-state index contributed by atoms with van der Waals surface area (Å²) in [6.07, 6.45) is 5.95. The lowest BCUT2D eigenvalue weighted by molar-refractivity contribution is 0.0668. The summed E-state index contributed by atoms with van der Waals surface area (Å²) in [6.45, 7) is 12.3. The van der Waals surface area contributed by atoms with Crippen molar-refractivity contribution < 1.29 is 46.9 Å². The number of halogens is 8. The number of pyridine rings is 3. The molecule has 3 aromatic heterocycles. The third-order valence-electron chi connectivity index (χ3n) is 17.9. The predicted octanol–water partition coefficient (Wildman–Crippen LogP) is 15.0. The molecule has 17 nitrogen and oxygen atoms in total. The van der Waals surface area contributed by atoms with Gasteiger partial charge >= 0.3 is 0 Å². The Morgan fingerprint density at radius 3 is 1.25 bits per heavy atom. The molecule has 0 fully saturated rings. The molecule has 6 aromatic carbocycles. The van der Waals surface area contributed by atoms with Crippen LogP contribution in [0.4, 0.5) is 13.2 Å². The van der Waals surface area contributed by atoms with E-state index in [1.807, 2.05) is 106 Å². The van der Waals surface area contributed by atoms with Gasteiger partial charge in [-0.05, 0) is 146 Å². The van der Waals surface area contributed by atoms with Crippen LogP contribution in [0.5, 0.6) is 17.2 Å². The zero-order valence-corrected chi connectivity index (χ0v) is 61.3. The minimum atomic E-state index is -0.536. The third kappa shape index (κ3) is 17.3. The van der Waals surface area contributed by atoms with Crippen LogP contribution in [-0.4, -0.2) is 77.4 Å². The molecule has 0 unspecified atom stereocenters. The molecule has 0 saturated carbocycles. The molecule has 0 bridgehead atoms. The molecule has 25 heteroatoms. The van der Waals surface area contributed by atoms with Gasteiger partial charge in [0.2, 0.25) is 16.3 Å². The van der Waals surface area contributed by atoms with E-state index in [0.717, 1.165) is 65.6 Å². The molecule has 0 atom stereocenters. The first kappa shape index (κ1) is 75.2. The van der Waals surface area contributed by atoms with Gasteiger partial charge in [-0.25, -0.2) is 13.2 Å². The van der Waals surface area contributed by atoms with E-state index in [9.17, 15) is 47.0 Å². The van der Waals surface area contributed by atoms with Crippen molar-refractivity contribution in [3.63, 3.8) is 0 Å². The van der Waals surface area contributed by atoms with E-state index in [0.29, 0.717) is 84.9 Å². The first-order valence-corrected chi connectivity index (χ1v) is 36.0. The number of hydrogen-bond donors (Lipinski definition) is 2. The van der Waals surface area contributed by atoms with Gasteiger partial charge in [0, 0.05) is 76.7 Å². The molecule has 103 heavy (non-hydrogen) atoms. The van der Waals surface area contributed by atoms with Gasteiger partial charge in [0.25, 0.3) is 17.7 Å². The average molecular weight is 1590 g/mol. The number of benzene rings is 6. The number of rotatable bonds is 21. The summed E-state index contributed by atoms with van der Waals surface area (Å²) in [4.78, 5) is 85.9. The SMILES string of the molecule is C=C1CCCCc2c1c(=O)c(OCc1ccccc1)c1n2CCN(Cc2ccc(F)c(Cl)c2)C1=O.C=CCCNCc1c(Br)c(=O)c(OCc2ccccc2)c2n1CCN(Cc1ccc(F)c(Cl)c1)C2=O.O=C1c2c(OCc3ccccc3)c(=O)c(Br)c(CO)n2CCN1Cc1ccc(F)c(Cl)c1. The summed E-state index contributed by atoms with van der Waals surface area (Å²) < 4.78 is 64.6. The second kappa shape index (κ2) is 34.5. The number of carbonyl (C=O) groups is 3. The number of aliphatic hydroxyl groups excluding tert-OH is 1. The molecule has 1 aliphatic carbocycles. The Morgan fingerprint density at radius 1 is 0.485 bits per heavy atom. The smallest absolute Gasteiger partial charge is 0.274 e. The fraction of sp³-hybridized carbons (Fsp3) is 0.256. The fourth-order valence-corrected chi connectivity index (χ4v) is 14.4. The van der Waals surface area contributed by atoms with Crippen LogP contribution in [0.15, 0.2) is 188 Å². The maximum atomic E-state index is 13.8. The molecule has 9 aromatic rings. The Hall–Kier alpha value is -9.00. The first-order valence-electron chi connectivity index (χ1n) is 33.2. The number of nitrogens with one attached hydrogen (secondary N) is 1. The number of nitrogens with zero attached hydrogens (tertiary/aromatic N) is 6. The molecule has 4 aliphatic rings. The number of amides is 3. The molecule has 534 valence electrons. The van der Waals surface area contributed by atoms with Crippen LogP contribution in [0.25, 0.3) is 5.57 Å². The van der Waals surface area contributed by atoms with Gasteiger partial charge in [0.15, 0.2) is 34.3 Å². The molecule has 0 spiro atoms. The highest BCUT2D eigenvalue weighted by Crippen LogP contribution is 2.36. The summed E-state index contributed by atoms with van der Waals surface area (Å²) >= 11 is 24.5. The largest absolute Gasteiger partial charge is 0.483 e. The number of ether oxygens (including phenoxy) is 3. The maximum Gasteiger partial charge on any atom is 0.274 e. The monoisotopic (exact) mass is 1590 g/mol. The van der Waals surface area contributed by atoms with Gasteiger partial charge in [-0.1, -0.05) is 157 Å². The topological polar surface area (TPSA) is 187 Å². The number of carbonyl (C=O) groups excluding carboxylic acids is 3. The summed E-state index contributed by atoms with van der Waals surface area (Å²) in [5, 5.41) is 13.1. The molecule has 2 N–H and O–H groups in total. The molecule has 3 amide bonds. The minimum absolute atomic E-state index is 0.00252. The van der Waals surface area contributed by atoms with Crippen LogP contribution in [-0.2, 0) is 78.7 Å². The van der Waals surface area contributed by atoms with Crippen molar-refractivity contribution in [2.45, 2.75) is 104 Å². The zero-order chi connectivity index (χ0) is 73.0. The second-order valence-corrected chi connectivity index (χ2v) is 27.6. The number of aliphatic hydroxyl groups is 1. The number of aromatic nitrogens is 3. The van der Waals surface area contributed by atoms with Crippen LogP contribution < -0.4 is 35.8 Å². The Bertz CT molecular complexity index is 4890. The van der Waals surface area contributed by atoms with Gasteiger partial charge in [0.05, 0.1) is 42.0 Å². The van der Waals surface area contributed by atoms with Crippen LogP contribution in [0.1, 0.15) is 113 Å².